The van der Waals surface area contributed by atoms with E-state index in [-0.39, 0.29) is 0 Å². The quantitative estimate of drug-likeness (QED) is 0.0533. The van der Waals surface area contributed by atoms with E-state index >= 15 is 0 Å². The molecule has 1 heterocycles. The third-order valence-electron chi connectivity index (χ3n) is 10.5. The number of aliphatic imine (C=N–C) groups is 2. The summed E-state index contributed by atoms with van der Waals surface area (Å²) in [5.74, 6) is 1.14. The topological polar surface area (TPSA) is 24.7 Å². The van der Waals surface area contributed by atoms with Gasteiger partial charge in [-0.15, -0.1) is 0 Å². The lowest BCUT2D eigenvalue weighted by molar-refractivity contribution is 0.284. The monoisotopic (exact) mass is 634 g/mol. The fraction of sp³-hybridized carbons (Fsp3) is 0.795. The molecule has 0 saturated heterocycles. The van der Waals surface area contributed by atoms with Gasteiger partial charge in [0.25, 0.3) is 0 Å². The van der Waals surface area contributed by atoms with Gasteiger partial charge in [-0.1, -0.05) is 234 Å². The minimum Gasteiger partial charge on any atom is -0.0965 e. The molecule has 0 N–H and O–H groups in total. The van der Waals surface area contributed by atoms with E-state index in [0.717, 1.165) is 12.6 Å². The molecule has 0 radical (unpaired) electrons. The van der Waals surface area contributed by atoms with Crippen LogP contribution in [0.5, 0.6) is 0 Å². The number of rotatable bonds is 34. The molecule has 2 unspecified atom stereocenters. The average molecular weight is 634 g/mol. The van der Waals surface area contributed by atoms with Crippen molar-refractivity contribution in [3.63, 3.8) is 0 Å². The number of unbranched alkanes of at least 4 members (excludes halogenated alkanes) is 26. The molecule has 262 valence electrons. The molecule has 0 saturated carbocycles. The summed E-state index contributed by atoms with van der Waals surface area (Å²) in [6.45, 7) is 4.61. The van der Waals surface area contributed by atoms with Crippen molar-refractivity contribution < 1.29 is 0 Å². The zero-order valence-corrected chi connectivity index (χ0v) is 31.0. The molecular formula is C44H77N2+. The molecule has 1 aliphatic heterocycles. The molecule has 1 aliphatic rings. The fourth-order valence-electron chi connectivity index (χ4n) is 7.54. The first-order valence-corrected chi connectivity index (χ1v) is 20.8. The normalized spacial score (nSPS) is 14.0. The van der Waals surface area contributed by atoms with Crippen LogP contribution in [0.2, 0.25) is 0 Å². The first-order valence-electron chi connectivity index (χ1n) is 20.8. The molecule has 2 heteroatoms. The summed E-state index contributed by atoms with van der Waals surface area (Å²) in [4.78, 5) is 9.54. The van der Waals surface area contributed by atoms with Crippen molar-refractivity contribution >= 4 is 12.4 Å². The van der Waals surface area contributed by atoms with Crippen molar-refractivity contribution in [3.8, 4) is 0 Å². The third kappa shape index (κ3) is 22.1. The van der Waals surface area contributed by atoms with Gasteiger partial charge < -0.3 is 0 Å². The lowest BCUT2D eigenvalue weighted by atomic mass is 9.78. The molecular weight excluding hydrogens is 556 g/mol. The zero-order chi connectivity index (χ0) is 32.6. The van der Waals surface area contributed by atoms with E-state index in [1.54, 1.807) is 0 Å². The number of benzene rings is 1. The largest absolute Gasteiger partial charge is 0.244 e. The summed E-state index contributed by atoms with van der Waals surface area (Å²) >= 11 is 0. The summed E-state index contributed by atoms with van der Waals surface area (Å²) in [6, 6.07) is 11.2. The average Bonchev–Trinajstić information content (AvgIpc) is 3.62. The van der Waals surface area contributed by atoms with Crippen LogP contribution in [-0.4, -0.2) is 12.4 Å². The van der Waals surface area contributed by atoms with Gasteiger partial charge in [-0.3, -0.25) is 0 Å². The number of hydrogen-bond donors (Lipinski definition) is 0. The SMILES string of the molecule is CCCCCCCCCCCCCCCCCCCC([C+]1N=CC=N1)C(CCCCCCCCCCCCC)Cc1ccccc1. The van der Waals surface area contributed by atoms with Crippen LogP contribution in [0.25, 0.3) is 0 Å². The Hall–Kier alpha value is -1.57. The van der Waals surface area contributed by atoms with E-state index in [9.17, 15) is 0 Å². The Balaban J connectivity index is 1.62. The molecule has 0 fully saturated rings. The molecule has 2 rings (SSSR count). The van der Waals surface area contributed by atoms with Gasteiger partial charge in [0.2, 0.25) is 6.17 Å². The van der Waals surface area contributed by atoms with Crippen molar-refractivity contribution in [1.29, 1.82) is 0 Å². The van der Waals surface area contributed by atoms with Crippen LogP contribution >= 0.6 is 0 Å². The Morgan fingerprint density at radius 3 is 1.17 bits per heavy atom. The van der Waals surface area contributed by atoms with Gasteiger partial charge in [-0.05, 0) is 30.7 Å². The lowest BCUT2D eigenvalue weighted by Crippen LogP contribution is -2.22. The highest BCUT2D eigenvalue weighted by Crippen LogP contribution is 2.37. The molecule has 1 aromatic rings. The van der Waals surface area contributed by atoms with Crippen molar-refractivity contribution in [3.05, 3.63) is 42.1 Å². The Kier molecular flexibility index (Phi) is 27.1. The van der Waals surface area contributed by atoms with Crippen LogP contribution in [0.15, 0.2) is 40.3 Å². The van der Waals surface area contributed by atoms with Crippen molar-refractivity contribution in [1.82, 2.24) is 0 Å². The Morgan fingerprint density at radius 2 is 0.783 bits per heavy atom. The second-order valence-corrected chi connectivity index (χ2v) is 14.7. The van der Waals surface area contributed by atoms with Gasteiger partial charge in [0.15, 0.2) is 12.4 Å². The van der Waals surface area contributed by atoms with Gasteiger partial charge in [-0.2, -0.15) is 0 Å². The number of hydrogen-bond acceptors (Lipinski definition) is 2. The lowest BCUT2D eigenvalue weighted by Gasteiger charge is -2.26. The van der Waals surface area contributed by atoms with E-state index in [4.69, 9.17) is 9.98 Å². The standard InChI is InChI=1S/C44H77N2/c1-3-5-7-9-11-13-15-16-17-18-19-20-22-24-26-28-33-37-43(44-45-38-39-46-44)42(40-41-34-30-29-31-35-41)36-32-27-25-23-21-14-12-10-8-6-4-2/h29-31,34-35,38-39,42-43H,3-28,32-33,36-37,40H2,1-2H3/q+1. The maximum absolute atomic E-state index is 4.77. The Morgan fingerprint density at radius 1 is 0.435 bits per heavy atom. The molecule has 2 nitrogen and oxygen atoms in total. The highest BCUT2D eigenvalue weighted by molar-refractivity contribution is 6.18. The maximum atomic E-state index is 4.77. The number of nitrogens with zero attached hydrogens (tertiary/aromatic N) is 2. The van der Waals surface area contributed by atoms with Crippen LogP contribution in [0, 0.1) is 18.0 Å². The third-order valence-corrected chi connectivity index (χ3v) is 10.5. The minimum absolute atomic E-state index is 0.495. The summed E-state index contributed by atoms with van der Waals surface area (Å²) in [5.41, 5.74) is 1.48. The van der Waals surface area contributed by atoms with E-state index in [2.05, 4.69) is 44.2 Å². The Bertz CT molecular complexity index is 802. The molecule has 0 spiro atoms. The van der Waals surface area contributed by atoms with Gasteiger partial charge in [0.05, 0.1) is 5.92 Å². The summed E-state index contributed by atoms with van der Waals surface area (Å²) in [7, 11) is 0. The van der Waals surface area contributed by atoms with Crippen molar-refractivity contribution in [2.75, 3.05) is 0 Å². The van der Waals surface area contributed by atoms with Crippen LogP contribution < -0.4 is 0 Å². The van der Waals surface area contributed by atoms with E-state index in [1.165, 1.54) is 198 Å². The van der Waals surface area contributed by atoms with Gasteiger partial charge in [-0.25, -0.2) is 0 Å². The maximum Gasteiger partial charge on any atom is 0.244 e. The van der Waals surface area contributed by atoms with Gasteiger partial charge in [0, 0.05) is 0 Å². The fourth-order valence-corrected chi connectivity index (χ4v) is 7.54. The van der Waals surface area contributed by atoms with Crippen LogP contribution in [-0.2, 0) is 6.42 Å². The second-order valence-electron chi connectivity index (χ2n) is 14.7. The highest BCUT2D eigenvalue weighted by Gasteiger charge is 2.35. The zero-order valence-electron chi connectivity index (χ0n) is 31.0. The summed E-state index contributed by atoms with van der Waals surface area (Å²) in [5, 5.41) is 0. The smallest absolute Gasteiger partial charge is 0.0965 e. The molecule has 0 aliphatic carbocycles. The van der Waals surface area contributed by atoms with Crippen LogP contribution in [0.3, 0.4) is 0 Å². The molecule has 0 amide bonds. The van der Waals surface area contributed by atoms with Crippen molar-refractivity contribution in [2.24, 2.45) is 21.8 Å². The Labute approximate surface area is 288 Å². The predicted octanol–water partition coefficient (Wildman–Crippen LogP) is 14.8. The second kappa shape index (κ2) is 30.7. The van der Waals surface area contributed by atoms with Crippen LogP contribution in [0.4, 0.5) is 0 Å². The van der Waals surface area contributed by atoms with Gasteiger partial charge >= 0.3 is 0 Å². The highest BCUT2D eigenvalue weighted by atomic mass is 15.0. The molecule has 1 aromatic carbocycles. The van der Waals surface area contributed by atoms with Crippen LogP contribution in [0.1, 0.15) is 212 Å². The first kappa shape index (κ1) is 40.6. The van der Waals surface area contributed by atoms with E-state index in [1.807, 2.05) is 12.4 Å². The minimum atomic E-state index is 0.495. The van der Waals surface area contributed by atoms with Crippen molar-refractivity contribution in [2.45, 2.75) is 213 Å². The molecule has 2 atom stereocenters. The van der Waals surface area contributed by atoms with E-state index in [0.29, 0.717) is 11.8 Å². The summed E-state index contributed by atoms with van der Waals surface area (Å²) < 4.78 is 0. The molecule has 0 bridgehead atoms. The van der Waals surface area contributed by atoms with E-state index < -0.39 is 0 Å². The molecule has 46 heavy (non-hydrogen) atoms. The summed E-state index contributed by atoms with van der Waals surface area (Å²) in [6.07, 6.45) is 48.5. The first-order chi connectivity index (χ1) is 22.8. The molecule has 0 aromatic heterocycles. The van der Waals surface area contributed by atoms with Gasteiger partial charge in [0.1, 0.15) is 0 Å². The predicted molar refractivity (Wildman–Crippen MR) is 207 cm³/mol.